The van der Waals surface area contributed by atoms with Gasteiger partial charge in [-0.1, -0.05) is 44.2 Å². The summed E-state index contributed by atoms with van der Waals surface area (Å²) in [5.41, 5.74) is 5.72. The predicted molar refractivity (Wildman–Crippen MR) is 131 cm³/mol. The molecule has 3 aromatic rings. The van der Waals surface area contributed by atoms with Crippen LogP contribution in [0.1, 0.15) is 42.6 Å². The van der Waals surface area contributed by atoms with Crippen LogP contribution in [-0.4, -0.2) is 44.7 Å². The van der Waals surface area contributed by atoms with Crippen LogP contribution in [0.15, 0.2) is 65.6 Å². The van der Waals surface area contributed by atoms with Crippen molar-refractivity contribution in [1.29, 1.82) is 0 Å². The van der Waals surface area contributed by atoms with Crippen molar-refractivity contribution in [3.8, 4) is 5.75 Å². The lowest BCUT2D eigenvalue weighted by Gasteiger charge is -2.19. The van der Waals surface area contributed by atoms with Gasteiger partial charge in [-0.25, -0.2) is 8.42 Å². The monoisotopic (exact) mass is 483 g/mol. The van der Waals surface area contributed by atoms with Gasteiger partial charge in [-0.05, 0) is 53.6 Å². The number of hydrazine groups is 1. The Morgan fingerprint density at radius 3 is 2.29 bits per heavy atom. The number of amides is 2. The molecule has 0 unspecified atom stereocenters. The van der Waals surface area contributed by atoms with Crippen molar-refractivity contribution in [2.24, 2.45) is 0 Å². The molecule has 180 valence electrons. The highest BCUT2D eigenvalue weighted by atomic mass is 32.2. The summed E-state index contributed by atoms with van der Waals surface area (Å²) in [5, 5.41) is 1.96. The van der Waals surface area contributed by atoms with Crippen LogP contribution in [0, 0.1) is 0 Å². The molecule has 1 atom stereocenters. The van der Waals surface area contributed by atoms with E-state index < -0.39 is 27.8 Å². The molecular weight excluding hydrogens is 454 g/mol. The van der Waals surface area contributed by atoms with Crippen LogP contribution in [0.3, 0.4) is 0 Å². The van der Waals surface area contributed by atoms with E-state index in [0.717, 1.165) is 22.1 Å². The first-order valence-corrected chi connectivity index (χ1v) is 12.4. The second kappa shape index (κ2) is 10.7. The van der Waals surface area contributed by atoms with Crippen molar-refractivity contribution in [3.63, 3.8) is 0 Å². The zero-order valence-corrected chi connectivity index (χ0v) is 20.5. The van der Waals surface area contributed by atoms with Gasteiger partial charge in [-0.15, -0.1) is 0 Å². The van der Waals surface area contributed by atoms with E-state index in [2.05, 4.69) is 10.9 Å². The molecule has 0 saturated heterocycles. The minimum absolute atomic E-state index is 0.0244. The van der Waals surface area contributed by atoms with Crippen molar-refractivity contribution >= 4 is 32.6 Å². The number of rotatable bonds is 8. The molecule has 0 heterocycles. The summed E-state index contributed by atoms with van der Waals surface area (Å²) in [6.07, 6.45) is 0. The molecule has 3 aromatic carbocycles. The molecule has 8 nitrogen and oxygen atoms in total. The summed E-state index contributed by atoms with van der Waals surface area (Å²) in [4.78, 5) is 25.3. The highest BCUT2D eigenvalue weighted by molar-refractivity contribution is 7.89. The molecular formula is C25H29N3O5S. The second-order valence-electron chi connectivity index (χ2n) is 7.75. The molecule has 9 heteroatoms. The zero-order valence-electron chi connectivity index (χ0n) is 19.7. The molecule has 0 aromatic heterocycles. The summed E-state index contributed by atoms with van der Waals surface area (Å²) < 4.78 is 32.0. The number of methoxy groups -OCH3 is 1. The van der Waals surface area contributed by atoms with E-state index in [0.29, 0.717) is 13.1 Å². The molecule has 0 saturated carbocycles. The minimum atomic E-state index is -3.70. The van der Waals surface area contributed by atoms with Gasteiger partial charge >= 0.3 is 0 Å². The van der Waals surface area contributed by atoms with E-state index in [-0.39, 0.29) is 10.5 Å². The van der Waals surface area contributed by atoms with Crippen molar-refractivity contribution in [2.45, 2.75) is 31.6 Å². The number of nitrogens with zero attached hydrogens (tertiary/aromatic N) is 1. The molecule has 0 aliphatic carbocycles. The number of nitrogens with one attached hydrogen (secondary N) is 2. The van der Waals surface area contributed by atoms with E-state index in [1.54, 1.807) is 27.9 Å². The van der Waals surface area contributed by atoms with Gasteiger partial charge in [0.1, 0.15) is 5.75 Å². The summed E-state index contributed by atoms with van der Waals surface area (Å²) in [7, 11) is -2.09. The fourth-order valence-electron chi connectivity index (χ4n) is 3.60. The van der Waals surface area contributed by atoms with Crippen LogP contribution in [0.5, 0.6) is 5.75 Å². The normalized spacial score (nSPS) is 12.4. The lowest BCUT2D eigenvalue weighted by atomic mass is 9.97. The third-order valence-corrected chi connectivity index (χ3v) is 7.75. The highest BCUT2D eigenvalue weighted by Gasteiger charge is 2.23. The fourth-order valence-corrected chi connectivity index (χ4v) is 5.10. The van der Waals surface area contributed by atoms with E-state index in [4.69, 9.17) is 4.74 Å². The Labute approximate surface area is 199 Å². The summed E-state index contributed by atoms with van der Waals surface area (Å²) in [5.74, 6) is -0.778. The maximum Gasteiger partial charge on any atom is 0.269 e. The number of hydrogen-bond donors (Lipinski definition) is 2. The van der Waals surface area contributed by atoms with Crippen molar-refractivity contribution in [2.75, 3.05) is 20.2 Å². The molecule has 2 N–H and O–H groups in total. The Balaban J connectivity index is 1.69. The second-order valence-corrected chi connectivity index (χ2v) is 9.69. The maximum absolute atomic E-state index is 12.7. The standard InChI is InChI=1S/C25H29N3O5S/c1-5-28(6-2)34(31,32)23-9-7-8-21(16-23)25(30)27-26-24(29)17(3)18-10-11-20-15-22(33-4)13-12-19(20)14-18/h7-17H,5-6H2,1-4H3,(H,26,29)(H,27,30)/t17-/m0/s1. The quantitative estimate of drug-likeness (QED) is 0.478. The van der Waals surface area contributed by atoms with Crippen LogP contribution in [-0.2, 0) is 14.8 Å². The topological polar surface area (TPSA) is 105 Å². The number of fused-ring (bicyclic) bond motifs is 1. The average Bonchev–Trinajstić information content (AvgIpc) is 2.86. The Hall–Kier alpha value is -3.43. The zero-order chi connectivity index (χ0) is 24.9. The number of ether oxygens (including phenoxy) is 1. The molecule has 0 spiro atoms. The van der Waals surface area contributed by atoms with Crippen LogP contribution >= 0.6 is 0 Å². The Kier molecular flexibility index (Phi) is 7.90. The molecule has 3 rings (SSSR count). The highest BCUT2D eigenvalue weighted by Crippen LogP contribution is 2.25. The van der Waals surface area contributed by atoms with Crippen LogP contribution in [0.4, 0.5) is 0 Å². The Morgan fingerprint density at radius 1 is 0.941 bits per heavy atom. The Morgan fingerprint density at radius 2 is 1.62 bits per heavy atom. The number of carbonyl (C=O) groups is 2. The lowest BCUT2D eigenvalue weighted by molar-refractivity contribution is -0.123. The van der Waals surface area contributed by atoms with Crippen LogP contribution < -0.4 is 15.6 Å². The van der Waals surface area contributed by atoms with Crippen molar-refractivity contribution in [3.05, 3.63) is 71.8 Å². The first-order chi connectivity index (χ1) is 16.2. The van der Waals surface area contributed by atoms with Gasteiger partial charge in [0.2, 0.25) is 15.9 Å². The number of carbonyl (C=O) groups excluding carboxylic acids is 2. The molecule has 0 radical (unpaired) electrons. The number of hydrogen-bond acceptors (Lipinski definition) is 5. The molecule has 0 bridgehead atoms. The smallest absolute Gasteiger partial charge is 0.269 e. The fraction of sp³-hybridized carbons (Fsp3) is 0.280. The van der Waals surface area contributed by atoms with Gasteiger partial charge in [0.05, 0.1) is 17.9 Å². The maximum atomic E-state index is 12.7. The van der Waals surface area contributed by atoms with E-state index in [9.17, 15) is 18.0 Å². The van der Waals surface area contributed by atoms with Crippen molar-refractivity contribution in [1.82, 2.24) is 15.2 Å². The molecule has 2 amide bonds. The molecule has 0 aliphatic heterocycles. The average molecular weight is 484 g/mol. The minimum Gasteiger partial charge on any atom is -0.497 e. The van der Waals surface area contributed by atoms with E-state index in [1.807, 2.05) is 36.4 Å². The SMILES string of the molecule is CCN(CC)S(=O)(=O)c1cccc(C(=O)NNC(=O)[C@@H](C)c2ccc3cc(OC)ccc3c2)c1. The Bertz CT molecular complexity index is 1300. The summed E-state index contributed by atoms with van der Waals surface area (Å²) >= 11 is 0. The predicted octanol–water partition coefficient (Wildman–Crippen LogP) is 3.44. The van der Waals surface area contributed by atoms with Gasteiger partial charge in [0, 0.05) is 18.7 Å². The lowest BCUT2D eigenvalue weighted by Crippen LogP contribution is -2.43. The molecule has 0 fully saturated rings. The van der Waals surface area contributed by atoms with E-state index in [1.165, 1.54) is 28.6 Å². The van der Waals surface area contributed by atoms with Crippen molar-refractivity contribution < 1.29 is 22.7 Å². The van der Waals surface area contributed by atoms with Crippen LogP contribution in [0.25, 0.3) is 10.8 Å². The first-order valence-electron chi connectivity index (χ1n) is 11.0. The molecule has 34 heavy (non-hydrogen) atoms. The number of sulfonamides is 1. The number of benzene rings is 3. The van der Waals surface area contributed by atoms with Gasteiger partial charge in [-0.2, -0.15) is 4.31 Å². The van der Waals surface area contributed by atoms with Gasteiger partial charge in [-0.3, -0.25) is 20.4 Å². The van der Waals surface area contributed by atoms with Crippen LogP contribution in [0.2, 0.25) is 0 Å². The largest absolute Gasteiger partial charge is 0.497 e. The molecule has 0 aliphatic rings. The van der Waals surface area contributed by atoms with Gasteiger partial charge in [0.15, 0.2) is 0 Å². The summed E-state index contributed by atoms with van der Waals surface area (Å²) in [6, 6.07) is 17.1. The third kappa shape index (κ3) is 5.37. The van der Waals surface area contributed by atoms with Gasteiger partial charge < -0.3 is 4.74 Å². The first kappa shape index (κ1) is 25.2. The third-order valence-electron chi connectivity index (χ3n) is 5.70. The van der Waals surface area contributed by atoms with E-state index >= 15 is 0 Å². The summed E-state index contributed by atoms with van der Waals surface area (Å²) in [6.45, 7) is 5.89. The van der Waals surface area contributed by atoms with Gasteiger partial charge in [0.25, 0.3) is 5.91 Å².